The van der Waals surface area contributed by atoms with Crippen molar-refractivity contribution < 1.29 is 0 Å². The van der Waals surface area contributed by atoms with Gasteiger partial charge in [-0.3, -0.25) is 4.57 Å². The molecule has 4 heteroatoms. The van der Waals surface area contributed by atoms with E-state index in [0.29, 0.717) is 6.04 Å². The van der Waals surface area contributed by atoms with Crippen molar-refractivity contribution in [2.75, 3.05) is 13.1 Å². The van der Waals surface area contributed by atoms with Crippen LogP contribution in [0, 0.1) is 0 Å². The van der Waals surface area contributed by atoms with Crippen LogP contribution in [0.4, 0.5) is 0 Å². The molecule has 0 spiro atoms. The summed E-state index contributed by atoms with van der Waals surface area (Å²) < 4.78 is 2.00. The van der Waals surface area contributed by atoms with Gasteiger partial charge in [0.15, 0.2) is 0 Å². The second kappa shape index (κ2) is 7.14. The van der Waals surface area contributed by atoms with Crippen LogP contribution in [0.15, 0.2) is 29.1 Å². The van der Waals surface area contributed by atoms with Crippen LogP contribution in [0.1, 0.15) is 63.8 Å². The van der Waals surface area contributed by atoms with E-state index in [2.05, 4.69) is 16.0 Å². The predicted molar refractivity (Wildman–Crippen MR) is 98.5 cm³/mol. The summed E-state index contributed by atoms with van der Waals surface area (Å²) in [5.74, 6) is 0. The highest BCUT2D eigenvalue weighted by Gasteiger charge is 2.27. The van der Waals surface area contributed by atoms with Gasteiger partial charge in [0.05, 0.1) is 11.0 Å². The summed E-state index contributed by atoms with van der Waals surface area (Å²) >= 11 is 0. The van der Waals surface area contributed by atoms with Gasteiger partial charge >= 0.3 is 5.69 Å². The van der Waals surface area contributed by atoms with Crippen LogP contribution in [0.3, 0.4) is 0 Å². The minimum atomic E-state index is 0.0561. The third kappa shape index (κ3) is 3.16. The number of nitrogens with zero attached hydrogens (tertiary/aromatic N) is 2. The van der Waals surface area contributed by atoms with E-state index in [-0.39, 0.29) is 5.69 Å². The van der Waals surface area contributed by atoms with Crippen LogP contribution in [0.2, 0.25) is 0 Å². The Morgan fingerprint density at radius 1 is 0.833 bits per heavy atom. The zero-order valence-corrected chi connectivity index (χ0v) is 14.5. The minimum Gasteiger partial charge on any atom is -0.306 e. The molecule has 0 amide bonds. The highest BCUT2D eigenvalue weighted by molar-refractivity contribution is 5.75. The fourth-order valence-corrected chi connectivity index (χ4v) is 4.75. The maximum absolute atomic E-state index is 12.4. The van der Waals surface area contributed by atoms with E-state index >= 15 is 0 Å². The number of hydrogen-bond donors (Lipinski definition) is 1. The highest BCUT2D eigenvalue weighted by Crippen LogP contribution is 2.29. The Labute approximate surface area is 143 Å². The second-order valence-corrected chi connectivity index (χ2v) is 7.58. The monoisotopic (exact) mass is 327 g/mol. The number of imidazole rings is 1. The first-order valence-electron chi connectivity index (χ1n) is 9.76. The molecule has 0 bridgehead atoms. The Balaban J connectivity index is 1.45. The van der Waals surface area contributed by atoms with E-state index in [4.69, 9.17) is 0 Å². The third-order valence-electron chi connectivity index (χ3n) is 6.08. The largest absolute Gasteiger partial charge is 0.326 e. The molecule has 1 N–H and O–H groups in total. The van der Waals surface area contributed by atoms with Crippen molar-refractivity contribution in [2.24, 2.45) is 0 Å². The number of para-hydroxylation sites is 2. The molecule has 4 nitrogen and oxygen atoms in total. The molecule has 1 aromatic heterocycles. The van der Waals surface area contributed by atoms with Crippen molar-refractivity contribution in [1.82, 2.24) is 14.5 Å². The van der Waals surface area contributed by atoms with Gasteiger partial charge in [-0.2, -0.15) is 0 Å². The van der Waals surface area contributed by atoms with Crippen molar-refractivity contribution in [1.29, 1.82) is 0 Å². The summed E-state index contributed by atoms with van der Waals surface area (Å²) in [5, 5.41) is 0. The predicted octanol–water partition coefficient (Wildman–Crippen LogP) is 4.08. The topological polar surface area (TPSA) is 41.0 Å². The molecule has 24 heavy (non-hydrogen) atoms. The number of nitrogens with one attached hydrogen (secondary N) is 1. The van der Waals surface area contributed by atoms with Crippen molar-refractivity contribution in [3.05, 3.63) is 34.7 Å². The SMILES string of the molecule is O=c1[nH]c2ccccc2n1C1CCN(C2CCCCCCC2)CC1. The van der Waals surface area contributed by atoms with Gasteiger partial charge in [0.1, 0.15) is 0 Å². The van der Waals surface area contributed by atoms with Gasteiger partial charge < -0.3 is 9.88 Å². The molecule has 2 aromatic rings. The molecule has 1 saturated heterocycles. The van der Waals surface area contributed by atoms with E-state index in [0.717, 1.165) is 43.0 Å². The second-order valence-electron chi connectivity index (χ2n) is 7.58. The molecule has 0 unspecified atom stereocenters. The summed E-state index contributed by atoms with van der Waals surface area (Å²) in [5.41, 5.74) is 2.08. The molecule has 0 atom stereocenters. The number of fused-ring (bicyclic) bond motifs is 1. The van der Waals surface area contributed by atoms with Crippen molar-refractivity contribution >= 4 is 11.0 Å². The van der Waals surface area contributed by atoms with Gasteiger partial charge in [-0.15, -0.1) is 0 Å². The average Bonchev–Trinajstić information content (AvgIpc) is 2.91. The molecule has 1 aliphatic heterocycles. The standard InChI is InChI=1S/C20H29N3O/c24-20-21-18-10-6-7-11-19(18)23(20)17-12-14-22(15-13-17)16-8-4-2-1-3-5-9-16/h6-7,10-11,16-17H,1-5,8-9,12-15H2,(H,21,24). The van der Waals surface area contributed by atoms with Gasteiger partial charge in [0, 0.05) is 25.2 Å². The maximum Gasteiger partial charge on any atom is 0.326 e. The fraction of sp³-hybridized carbons (Fsp3) is 0.650. The van der Waals surface area contributed by atoms with Crippen LogP contribution in [0.25, 0.3) is 11.0 Å². The van der Waals surface area contributed by atoms with Crippen LogP contribution in [0.5, 0.6) is 0 Å². The third-order valence-corrected chi connectivity index (χ3v) is 6.08. The first-order valence-corrected chi connectivity index (χ1v) is 9.76. The van der Waals surface area contributed by atoms with E-state index in [9.17, 15) is 4.79 Å². The van der Waals surface area contributed by atoms with E-state index in [1.165, 1.54) is 44.9 Å². The molecular formula is C20H29N3O. The van der Waals surface area contributed by atoms with Gasteiger partial charge in [0.2, 0.25) is 0 Å². The molecular weight excluding hydrogens is 298 g/mol. The van der Waals surface area contributed by atoms with E-state index in [1.807, 2.05) is 22.8 Å². The molecule has 2 heterocycles. The van der Waals surface area contributed by atoms with E-state index < -0.39 is 0 Å². The first-order chi connectivity index (χ1) is 11.8. The number of piperidine rings is 1. The number of H-pyrrole nitrogens is 1. The molecule has 2 fully saturated rings. The van der Waals surface area contributed by atoms with Crippen LogP contribution < -0.4 is 5.69 Å². The smallest absolute Gasteiger partial charge is 0.306 e. The Bertz CT molecular complexity index is 716. The quantitative estimate of drug-likeness (QED) is 0.903. The Kier molecular flexibility index (Phi) is 4.74. The molecule has 2 aliphatic rings. The lowest BCUT2D eigenvalue weighted by Gasteiger charge is -2.38. The molecule has 4 rings (SSSR count). The van der Waals surface area contributed by atoms with Gasteiger partial charge in [0.25, 0.3) is 0 Å². The normalized spacial score (nSPS) is 22.5. The molecule has 1 aromatic carbocycles. The summed E-state index contributed by atoms with van der Waals surface area (Å²) in [6.45, 7) is 2.28. The van der Waals surface area contributed by atoms with Gasteiger partial charge in [-0.1, -0.05) is 44.2 Å². The number of aromatic amines is 1. The lowest BCUT2D eigenvalue weighted by molar-refractivity contribution is 0.116. The Morgan fingerprint density at radius 2 is 1.50 bits per heavy atom. The molecule has 130 valence electrons. The zero-order valence-electron chi connectivity index (χ0n) is 14.5. The van der Waals surface area contributed by atoms with Gasteiger partial charge in [-0.25, -0.2) is 4.79 Å². The van der Waals surface area contributed by atoms with Crippen molar-refractivity contribution in [2.45, 2.75) is 69.9 Å². The summed E-state index contributed by atoms with van der Waals surface area (Å²) in [4.78, 5) is 18.1. The minimum absolute atomic E-state index is 0.0561. The highest BCUT2D eigenvalue weighted by atomic mass is 16.1. The molecule has 0 radical (unpaired) electrons. The van der Waals surface area contributed by atoms with Gasteiger partial charge in [-0.05, 0) is 37.8 Å². The maximum atomic E-state index is 12.4. The summed E-state index contributed by atoms with van der Waals surface area (Å²) in [7, 11) is 0. The van der Waals surface area contributed by atoms with E-state index in [1.54, 1.807) is 0 Å². The van der Waals surface area contributed by atoms with Crippen LogP contribution >= 0.6 is 0 Å². The average molecular weight is 327 g/mol. The molecule has 1 aliphatic carbocycles. The zero-order chi connectivity index (χ0) is 16.4. The summed E-state index contributed by atoms with van der Waals surface area (Å²) in [6.07, 6.45) is 12.0. The Morgan fingerprint density at radius 3 is 2.25 bits per heavy atom. The Hall–Kier alpha value is -1.55. The lowest BCUT2D eigenvalue weighted by Crippen LogP contribution is -2.43. The number of likely N-dealkylation sites (tertiary alicyclic amines) is 1. The number of hydrogen-bond acceptors (Lipinski definition) is 2. The molecule has 1 saturated carbocycles. The number of aromatic nitrogens is 2. The van der Waals surface area contributed by atoms with Crippen LogP contribution in [-0.4, -0.2) is 33.6 Å². The van der Waals surface area contributed by atoms with Crippen LogP contribution in [-0.2, 0) is 0 Å². The summed E-state index contributed by atoms with van der Waals surface area (Å²) in [6, 6.07) is 9.20. The number of benzene rings is 1. The van der Waals surface area contributed by atoms with Crippen molar-refractivity contribution in [3.63, 3.8) is 0 Å². The number of rotatable bonds is 2. The first kappa shape index (κ1) is 15.9. The van der Waals surface area contributed by atoms with Crippen molar-refractivity contribution in [3.8, 4) is 0 Å². The lowest BCUT2D eigenvalue weighted by atomic mass is 9.93. The fourth-order valence-electron chi connectivity index (χ4n) is 4.75.